The Morgan fingerprint density at radius 3 is 2.50 bits per heavy atom. The summed E-state index contributed by atoms with van der Waals surface area (Å²) in [5.41, 5.74) is 0.403. The van der Waals surface area contributed by atoms with Gasteiger partial charge in [-0.1, -0.05) is 38.3 Å². The maximum atomic E-state index is 12.4. The van der Waals surface area contributed by atoms with Crippen LogP contribution in [0.5, 0.6) is 5.75 Å². The summed E-state index contributed by atoms with van der Waals surface area (Å²) < 4.78 is 0. The molecule has 1 aromatic rings. The molecule has 1 rings (SSSR count). The third kappa shape index (κ3) is 5.85. The van der Waals surface area contributed by atoms with Crippen molar-refractivity contribution < 1.29 is 19.5 Å². The van der Waals surface area contributed by atoms with Gasteiger partial charge in [0.1, 0.15) is 5.75 Å². The summed E-state index contributed by atoms with van der Waals surface area (Å²) in [4.78, 5) is 27.4. The fourth-order valence-corrected chi connectivity index (χ4v) is 2.50. The molecule has 3 N–H and O–H groups in total. The number of carbonyl (C=O) groups is 2. The molecule has 5 nitrogen and oxygen atoms in total. The maximum absolute atomic E-state index is 12.4. The van der Waals surface area contributed by atoms with Gasteiger partial charge in [-0.3, -0.25) is 9.59 Å². The number of hydrogen-bond donors (Lipinski definition) is 2. The highest BCUT2D eigenvalue weighted by Crippen LogP contribution is 2.24. The molecule has 22 heavy (non-hydrogen) atoms. The third-order valence-electron chi connectivity index (χ3n) is 3.85. The smallest absolute Gasteiger partial charge is 0.324 e. The van der Waals surface area contributed by atoms with Gasteiger partial charge in [0.2, 0.25) is 0 Å². The topological polar surface area (TPSA) is 89.6 Å². The second kappa shape index (κ2) is 9.95. The van der Waals surface area contributed by atoms with Gasteiger partial charge in [0, 0.05) is 12.3 Å². The summed E-state index contributed by atoms with van der Waals surface area (Å²) in [6, 6.07) is 6.67. The monoisotopic (exact) mass is 307 g/mol. The highest BCUT2D eigenvalue weighted by atomic mass is 16.7. The van der Waals surface area contributed by atoms with Gasteiger partial charge in [-0.2, -0.15) is 5.90 Å². The number of Topliss-reactive ketones (excluding diaryl/α,β-unsaturated/α-hetero) is 1. The van der Waals surface area contributed by atoms with Crippen LogP contribution in [0.2, 0.25) is 0 Å². The number of phenols is 1. The van der Waals surface area contributed by atoms with Crippen LogP contribution in [-0.4, -0.2) is 16.9 Å². The normalized spacial score (nSPS) is 11.9. The highest BCUT2D eigenvalue weighted by molar-refractivity contribution is 6.00. The molecule has 0 heterocycles. The maximum Gasteiger partial charge on any atom is 0.324 e. The average molecular weight is 307 g/mol. The molecule has 0 aliphatic rings. The van der Waals surface area contributed by atoms with Gasteiger partial charge in [-0.25, -0.2) is 0 Å². The number of ketones is 1. The van der Waals surface area contributed by atoms with Gasteiger partial charge in [0.15, 0.2) is 5.78 Å². The molecular formula is C17H25NO4. The van der Waals surface area contributed by atoms with Crippen molar-refractivity contribution in [1.29, 1.82) is 0 Å². The first-order valence-corrected chi connectivity index (χ1v) is 7.81. The number of rotatable bonds is 10. The van der Waals surface area contributed by atoms with Crippen LogP contribution < -0.4 is 5.90 Å². The minimum atomic E-state index is -0.388. The molecule has 0 aliphatic carbocycles. The van der Waals surface area contributed by atoms with Crippen molar-refractivity contribution in [2.45, 2.75) is 51.9 Å². The van der Waals surface area contributed by atoms with Crippen LogP contribution in [-0.2, 0) is 9.63 Å². The molecule has 0 amide bonds. The molecule has 0 aliphatic heterocycles. The molecule has 1 aromatic carbocycles. The standard InChI is InChI=1S/C17H25NO4/c1-2-13(9-5-3-4-6-12-16(20)22-18)17(21)14-10-7-8-11-15(14)19/h7-8,10-11,13,19H,2-6,9,12,18H2,1H3. The quantitative estimate of drug-likeness (QED) is 0.393. The van der Waals surface area contributed by atoms with E-state index in [1.165, 1.54) is 6.07 Å². The molecule has 0 bridgehead atoms. The highest BCUT2D eigenvalue weighted by Gasteiger charge is 2.20. The average Bonchev–Trinajstić information content (AvgIpc) is 2.53. The SMILES string of the molecule is CCC(CCCCCCC(=O)ON)C(=O)c1ccccc1O. The Balaban J connectivity index is 2.35. The summed E-state index contributed by atoms with van der Waals surface area (Å²) in [6.45, 7) is 1.99. The van der Waals surface area contributed by atoms with E-state index in [1.54, 1.807) is 18.2 Å². The Morgan fingerprint density at radius 1 is 1.18 bits per heavy atom. The molecular weight excluding hydrogens is 282 g/mol. The molecule has 0 aromatic heterocycles. The molecule has 1 unspecified atom stereocenters. The number of aromatic hydroxyl groups is 1. The molecule has 1 atom stereocenters. The van der Waals surface area contributed by atoms with E-state index in [0.29, 0.717) is 12.0 Å². The Labute approximate surface area is 131 Å². The van der Waals surface area contributed by atoms with Gasteiger partial charge in [0.05, 0.1) is 5.56 Å². The Hall–Kier alpha value is -1.88. The zero-order valence-electron chi connectivity index (χ0n) is 13.1. The summed E-state index contributed by atoms with van der Waals surface area (Å²) in [6.07, 6.45) is 5.44. The lowest BCUT2D eigenvalue weighted by Gasteiger charge is -2.14. The Morgan fingerprint density at radius 2 is 1.86 bits per heavy atom. The Kier molecular flexibility index (Phi) is 8.22. The van der Waals surface area contributed by atoms with E-state index in [0.717, 1.165) is 38.5 Å². The van der Waals surface area contributed by atoms with E-state index in [4.69, 9.17) is 5.90 Å². The largest absolute Gasteiger partial charge is 0.507 e. The van der Waals surface area contributed by atoms with Crippen molar-refractivity contribution in [3.8, 4) is 5.75 Å². The van der Waals surface area contributed by atoms with Gasteiger partial charge in [-0.05, 0) is 31.4 Å². The minimum absolute atomic E-state index is 0.00677. The van der Waals surface area contributed by atoms with Gasteiger partial charge >= 0.3 is 5.97 Å². The Bertz CT molecular complexity index is 487. The van der Waals surface area contributed by atoms with Crippen molar-refractivity contribution >= 4 is 11.8 Å². The lowest BCUT2D eigenvalue weighted by molar-refractivity contribution is -0.144. The molecule has 0 spiro atoms. The molecule has 0 radical (unpaired) electrons. The van der Waals surface area contributed by atoms with Crippen LogP contribution in [0.15, 0.2) is 24.3 Å². The molecule has 0 saturated carbocycles. The van der Waals surface area contributed by atoms with Crippen molar-refractivity contribution in [2.24, 2.45) is 11.8 Å². The van der Waals surface area contributed by atoms with E-state index in [9.17, 15) is 14.7 Å². The van der Waals surface area contributed by atoms with Crippen LogP contribution in [0.3, 0.4) is 0 Å². The second-order valence-electron chi connectivity index (χ2n) is 5.43. The van der Waals surface area contributed by atoms with Gasteiger partial charge in [0.25, 0.3) is 0 Å². The zero-order chi connectivity index (χ0) is 16.4. The van der Waals surface area contributed by atoms with Crippen molar-refractivity contribution in [3.63, 3.8) is 0 Å². The van der Waals surface area contributed by atoms with E-state index in [1.807, 2.05) is 6.92 Å². The first-order valence-electron chi connectivity index (χ1n) is 7.81. The second-order valence-corrected chi connectivity index (χ2v) is 5.43. The molecule has 5 heteroatoms. The number of carbonyl (C=O) groups excluding carboxylic acids is 2. The summed E-state index contributed by atoms with van der Waals surface area (Å²) >= 11 is 0. The van der Waals surface area contributed by atoms with Crippen LogP contribution in [0, 0.1) is 5.92 Å². The number of phenolic OH excluding ortho intramolecular Hbond substituents is 1. The fourth-order valence-electron chi connectivity index (χ4n) is 2.50. The van der Waals surface area contributed by atoms with Crippen molar-refractivity contribution in [3.05, 3.63) is 29.8 Å². The van der Waals surface area contributed by atoms with Crippen molar-refractivity contribution in [1.82, 2.24) is 0 Å². The fraction of sp³-hybridized carbons (Fsp3) is 0.529. The third-order valence-corrected chi connectivity index (χ3v) is 3.85. The van der Waals surface area contributed by atoms with Gasteiger partial charge < -0.3 is 9.94 Å². The summed E-state index contributed by atoms with van der Waals surface area (Å²) in [5.74, 6) is 4.36. The summed E-state index contributed by atoms with van der Waals surface area (Å²) in [5, 5.41) is 9.77. The number of hydrogen-bond acceptors (Lipinski definition) is 5. The predicted octanol–water partition coefficient (Wildman–Crippen LogP) is 3.36. The van der Waals surface area contributed by atoms with Crippen molar-refractivity contribution in [2.75, 3.05) is 0 Å². The number of para-hydroxylation sites is 1. The molecule has 0 fully saturated rings. The van der Waals surface area contributed by atoms with Crippen LogP contribution in [0.4, 0.5) is 0 Å². The zero-order valence-corrected chi connectivity index (χ0v) is 13.1. The number of unbranched alkanes of at least 4 members (excludes halogenated alkanes) is 3. The lowest BCUT2D eigenvalue weighted by atomic mass is 9.90. The van der Waals surface area contributed by atoms with E-state index in [2.05, 4.69) is 4.84 Å². The molecule has 122 valence electrons. The minimum Gasteiger partial charge on any atom is -0.507 e. The summed E-state index contributed by atoms with van der Waals surface area (Å²) in [7, 11) is 0. The van der Waals surface area contributed by atoms with Crippen LogP contribution in [0.1, 0.15) is 62.2 Å². The first kappa shape index (κ1) is 18.2. The van der Waals surface area contributed by atoms with Crippen LogP contribution >= 0.6 is 0 Å². The van der Waals surface area contributed by atoms with Gasteiger partial charge in [-0.15, -0.1) is 0 Å². The first-order chi connectivity index (χ1) is 10.6. The number of nitrogens with two attached hydrogens (primary N) is 1. The number of benzene rings is 1. The van der Waals surface area contributed by atoms with E-state index < -0.39 is 0 Å². The van der Waals surface area contributed by atoms with E-state index >= 15 is 0 Å². The molecule has 0 saturated heterocycles. The van der Waals surface area contributed by atoms with E-state index in [-0.39, 0.29) is 23.4 Å². The van der Waals surface area contributed by atoms with Crippen LogP contribution in [0.25, 0.3) is 0 Å². The lowest BCUT2D eigenvalue weighted by Crippen LogP contribution is -2.14. The predicted molar refractivity (Wildman–Crippen MR) is 84.2 cm³/mol.